The molecule has 2 heteroatoms. The van der Waals surface area contributed by atoms with E-state index in [9.17, 15) is 4.79 Å². The summed E-state index contributed by atoms with van der Waals surface area (Å²) in [6.07, 6.45) is 1.68. The largest absolute Gasteiger partial charge is 0.289 e. The van der Waals surface area contributed by atoms with E-state index in [-0.39, 0.29) is 5.78 Å². The molecule has 0 aliphatic heterocycles. The molecule has 0 aliphatic carbocycles. The van der Waals surface area contributed by atoms with Gasteiger partial charge in [-0.05, 0) is 12.1 Å². The van der Waals surface area contributed by atoms with Crippen LogP contribution in [0.1, 0.15) is 15.9 Å². The molecule has 2 nitrogen and oxygen atoms in total. The zero-order valence-electron chi connectivity index (χ0n) is 9.71. The standard InChI is InChI=1S/C16H11NO/c18-16(12-6-2-1-3-7-12)14-10-11-17-15-9-5-4-8-13(14)15/h1-11H. The molecule has 0 amide bonds. The van der Waals surface area contributed by atoms with Gasteiger partial charge in [-0.3, -0.25) is 9.78 Å². The second-order valence-electron chi connectivity index (χ2n) is 4.07. The Morgan fingerprint density at radius 1 is 0.833 bits per heavy atom. The number of carbonyl (C=O) groups is 1. The lowest BCUT2D eigenvalue weighted by molar-refractivity contribution is 0.104. The minimum Gasteiger partial charge on any atom is -0.289 e. The first kappa shape index (κ1) is 10.7. The van der Waals surface area contributed by atoms with Gasteiger partial charge in [-0.1, -0.05) is 48.5 Å². The van der Waals surface area contributed by atoms with Crippen LogP contribution in [0.25, 0.3) is 10.9 Å². The second kappa shape index (κ2) is 4.41. The van der Waals surface area contributed by atoms with E-state index >= 15 is 0 Å². The van der Waals surface area contributed by atoms with Crippen LogP contribution in [0.3, 0.4) is 0 Å². The highest BCUT2D eigenvalue weighted by molar-refractivity contribution is 6.15. The first-order valence-electron chi connectivity index (χ1n) is 5.80. The van der Waals surface area contributed by atoms with Gasteiger partial charge in [-0.15, -0.1) is 0 Å². The van der Waals surface area contributed by atoms with Crippen LogP contribution in [-0.4, -0.2) is 10.8 Å². The van der Waals surface area contributed by atoms with Crippen LogP contribution in [0, 0.1) is 0 Å². The van der Waals surface area contributed by atoms with Crippen molar-refractivity contribution in [1.29, 1.82) is 0 Å². The Labute approximate surface area is 105 Å². The summed E-state index contributed by atoms with van der Waals surface area (Å²) in [7, 11) is 0. The van der Waals surface area contributed by atoms with Gasteiger partial charge in [0.25, 0.3) is 0 Å². The Morgan fingerprint density at radius 3 is 2.39 bits per heavy atom. The highest BCUT2D eigenvalue weighted by Gasteiger charge is 2.11. The number of carbonyl (C=O) groups excluding carboxylic acids is 1. The van der Waals surface area contributed by atoms with Crippen LogP contribution in [0.4, 0.5) is 0 Å². The van der Waals surface area contributed by atoms with Crippen molar-refractivity contribution in [1.82, 2.24) is 4.98 Å². The van der Waals surface area contributed by atoms with E-state index < -0.39 is 0 Å². The molecule has 0 bridgehead atoms. The molecule has 86 valence electrons. The Kier molecular flexibility index (Phi) is 2.61. The lowest BCUT2D eigenvalue weighted by Gasteiger charge is -2.04. The van der Waals surface area contributed by atoms with Crippen molar-refractivity contribution < 1.29 is 4.79 Å². The first-order valence-corrected chi connectivity index (χ1v) is 5.80. The van der Waals surface area contributed by atoms with E-state index in [4.69, 9.17) is 0 Å². The van der Waals surface area contributed by atoms with Crippen molar-refractivity contribution in [3.63, 3.8) is 0 Å². The molecule has 0 saturated heterocycles. The number of hydrogen-bond acceptors (Lipinski definition) is 2. The molecule has 0 N–H and O–H groups in total. The molecular formula is C16H11NO. The average molecular weight is 233 g/mol. The van der Waals surface area contributed by atoms with Crippen LogP contribution in [-0.2, 0) is 0 Å². The predicted molar refractivity (Wildman–Crippen MR) is 71.6 cm³/mol. The van der Waals surface area contributed by atoms with E-state index in [2.05, 4.69) is 4.98 Å². The number of rotatable bonds is 2. The quantitative estimate of drug-likeness (QED) is 0.634. The Hall–Kier alpha value is -2.48. The summed E-state index contributed by atoms with van der Waals surface area (Å²) in [4.78, 5) is 16.7. The van der Waals surface area contributed by atoms with E-state index in [0.29, 0.717) is 11.1 Å². The van der Waals surface area contributed by atoms with Gasteiger partial charge < -0.3 is 0 Å². The summed E-state index contributed by atoms with van der Waals surface area (Å²) in [5, 5.41) is 0.897. The number of fused-ring (bicyclic) bond motifs is 1. The van der Waals surface area contributed by atoms with Crippen molar-refractivity contribution >= 4 is 16.7 Å². The molecule has 0 fully saturated rings. The zero-order chi connectivity index (χ0) is 12.4. The third kappa shape index (κ3) is 1.78. The molecular weight excluding hydrogens is 222 g/mol. The SMILES string of the molecule is O=C(c1ccccc1)c1ccnc2ccccc12. The molecule has 0 aliphatic rings. The van der Waals surface area contributed by atoms with Crippen LogP contribution < -0.4 is 0 Å². The summed E-state index contributed by atoms with van der Waals surface area (Å²) in [6.45, 7) is 0. The topological polar surface area (TPSA) is 30.0 Å². The third-order valence-electron chi connectivity index (χ3n) is 2.93. The lowest BCUT2D eigenvalue weighted by Crippen LogP contribution is -2.02. The van der Waals surface area contributed by atoms with Crippen LogP contribution in [0.2, 0.25) is 0 Å². The van der Waals surface area contributed by atoms with Crippen molar-refractivity contribution in [2.45, 2.75) is 0 Å². The summed E-state index contributed by atoms with van der Waals surface area (Å²) in [6, 6.07) is 18.8. The number of pyridine rings is 1. The molecule has 0 unspecified atom stereocenters. The van der Waals surface area contributed by atoms with Crippen LogP contribution in [0.5, 0.6) is 0 Å². The van der Waals surface area contributed by atoms with E-state index in [0.717, 1.165) is 10.9 Å². The van der Waals surface area contributed by atoms with Gasteiger partial charge in [0.1, 0.15) is 0 Å². The maximum atomic E-state index is 12.4. The highest BCUT2D eigenvalue weighted by Crippen LogP contribution is 2.19. The van der Waals surface area contributed by atoms with E-state index in [1.807, 2.05) is 54.6 Å². The average Bonchev–Trinajstić information content (AvgIpc) is 2.47. The van der Waals surface area contributed by atoms with Crippen LogP contribution >= 0.6 is 0 Å². The molecule has 3 rings (SSSR count). The minimum absolute atomic E-state index is 0.0363. The second-order valence-corrected chi connectivity index (χ2v) is 4.07. The summed E-state index contributed by atoms with van der Waals surface area (Å²) in [5.74, 6) is 0.0363. The minimum atomic E-state index is 0.0363. The lowest BCUT2D eigenvalue weighted by atomic mass is 10.00. The fourth-order valence-corrected chi connectivity index (χ4v) is 2.04. The first-order chi connectivity index (χ1) is 8.86. The van der Waals surface area contributed by atoms with Crippen molar-refractivity contribution in [3.8, 4) is 0 Å². The van der Waals surface area contributed by atoms with Gasteiger partial charge >= 0.3 is 0 Å². The Morgan fingerprint density at radius 2 is 1.56 bits per heavy atom. The van der Waals surface area contributed by atoms with E-state index in [1.54, 1.807) is 12.3 Å². The molecule has 1 aromatic heterocycles. The summed E-state index contributed by atoms with van der Waals surface area (Å²) >= 11 is 0. The molecule has 1 heterocycles. The van der Waals surface area contributed by atoms with Gasteiger partial charge in [-0.25, -0.2) is 0 Å². The third-order valence-corrected chi connectivity index (χ3v) is 2.93. The Balaban J connectivity index is 2.18. The van der Waals surface area contributed by atoms with Gasteiger partial charge in [0.15, 0.2) is 5.78 Å². The maximum absolute atomic E-state index is 12.4. The van der Waals surface area contributed by atoms with Gasteiger partial charge in [0.2, 0.25) is 0 Å². The number of aromatic nitrogens is 1. The van der Waals surface area contributed by atoms with Gasteiger partial charge in [0.05, 0.1) is 5.52 Å². The normalized spacial score (nSPS) is 10.4. The maximum Gasteiger partial charge on any atom is 0.193 e. The fraction of sp³-hybridized carbons (Fsp3) is 0. The molecule has 0 spiro atoms. The zero-order valence-corrected chi connectivity index (χ0v) is 9.71. The van der Waals surface area contributed by atoms with Crippen molar-refractivity contribution in [3.05, 3.63) is 78.0 Å². The van der Waals surface area contributed by atoms with Gasteiger partial charge in [-0.2, -0.15) is 0 Å². The molecule has 2 aromatic carbocycles. The van der Waals surface area contributed by atoms with Crippen LogP contribution in [0.15, 0.2) is 66.9 Å². The van der Waals surface area contributed by atoms with Crippen molar-refractivity contribution in [2.75, 3.05) is 0 Å². The number of benzene rings is 2. The Bertz CT molecular complexity index is 699. The molecule has 18 heavy (non-hydrogen) atoms. The monoisotopic (exact) mass is 233 g/mol. The molecule has 3 aromatic rings. The molecule has 0 atom stereocenters. The molecule has 0 radical (unpaired) electrons. The summed E-state index contributed by atoms with van der Waals surface area (Å²) < 4.78 is 0. The van der Waals surface area contributed by atoms with Crippen molar-refractivity contribution in [2.24, 2.45) is 0 Å². The fourth-order valence-electron chi connectivity index (χ4n) is 2.04. The number of nitrogens with zero attached hydrogens (tertiary/aromatic N) is 1. The van der Waals surface area contributed by atoms with Gasteiger partial charge in [0, 0.05) is 22.7 Å². The number of hydrogen-bond donors (Lipinski definition) is 0. The smallest absolute Gasteiger partial charge is 0.193 e. The number of para-hydroxylation sites is 1. The summed E-state index contributed by atoms with van der Waals surface area (Å²) in [5.41, 5.74) is 2.25. The number of ketones is 1. The van der Waals surface area contributed by atoms with E-state index in [1.165, 1.54) is 0 Å². The molecule has 0 saturated carbocycles. The predicted octanol–water partition coefficient (Wildman–Crippen LogP) is 3.47. The highest BCUT2D eigenvalue weighted by atomic mass is 16.1.